The zero-order valence-corrected chi connectivity index (χ0v) is 18.7. The van der Waals surface area contributed by atoms with Crippen molar-refractivity contribution in [2.45, 2.75) is 33.6 Å². The van der Waals surface area contributed by atoms with Crippen LogP contribution in [0.4, 0.5) is 20.2 Å². The minimum Gasteiger partial charge on any atom is -0.400 e. The highest BCUT2D eigenvalue weighted by Gasteiger charge is 2.26. The number of aliphatic hydroxyl groups excluding tert-OH is 1. The number of anilines is 2. The van der Waals surface area contributed by atoms with Gasteiger partial charge < -0.3 is 19.9 Å². The number of carbonyl (C=O) groups is 1. The second-order valence-electron chi connectivity index (χ2n) is 6.94. The van der Waals surface area contributed by atoms with E-state index < -0.39 is 11.6 Å². The third kappa shape index (κ3) is 5.02. The van der Waals surface area contributed by atoms with E-state index in [0.29, 0.717) is 18.6 Å². The minimum absolute atomic E-state index is 0.0409. The topological polar surface area (TPSA) is 70.4 Å². The summed E-state index contributed by atoms with van der Waals surface area (Å²) in [6.45, 7) is 7.06. The molecule has 0 unspecified atom stereocenters. The molecular formula is C23H30F2N4O2. The molecule has 0 radical (unpaired) electrons. The highest BCUT2D eigenvalue weighted by molar-refractivity contribution is 6.04. The molecule has 6 nitrogen and oxygen atoms in total. The quantitative estimate of drug-likeness (QED) is 0.625. The van der Waals surface area contributed by atoms with E-state index in [1.165, 1.54) is 18.5 Å². The number of nitrogens with zero attached hydrogens (tertiary/aromatic N) is 3. The van der Waals surface area contributed by atoms with Crippen LogP contribution < -0.4 is 5.32 Å². The maximum absolute atomic E-state index is 15.3. The molecule has 2 aromatic carbocycles. The van der Waals surface area contributed by atoms with Gasteiger partial charge in [0.05, 0.1) is 28.8 Å². The Morgan fingerprint density at radius 2 is 1.77 bits per heavy atom. The zero-order valence-electron chi connectivity index (χ0n) is 18.7. The first-order valence-electron chi connectivity index (χ1n) is 10.4. The number of hydrogen-bond donors (Lipinski definition) is 2. The molecule has 168 valence electrons. The van der Waals surface area contributed by atoms with Crippen molar-refractivity contribution in [3.8, 4) is 0 Å². The lowest BCUT2D eigenvalue weighted by Crippen LogP contribution is -2.28. The third-order valence-corrected chi connectivity index (χ3v) is 4.97. The SMILES string of the molecule is CC.CO.Cc1ccc(Nc2c(C(=O)N3CCCC3)cc3c(ncn3C)c2F)c(F)c1. The van der Waals surface area contributed by atoms with E-state index in [1.54, 1.807) is 35.6 Å². The number of rotatable bonds is 3. The monoisotopic (exact) mass is 432 g/mol. The number of halogens is 2. The molecule has 31 heavy (non-hydrogen) atoms. The van der Waals surface area contributed by atoms with Crippen LogP contribution in [0, 0.1) is 18.6 Å². The Bertz CT molecular complexity index is 1040. The Balaban J connectivity index is 0.000000807. The number of likely N-dealkylation sites (tertiary alicyclic amines) is 1. The third-order valence-electron chi connectivity index (χ3n) is 4.97. The van der Waals surface area contributed by atoms with E-state index in [-0.39, 0.29) is 28.4 Å². The van der Waals surface area contributed by atoms with Crippen LogP contribution in [-0.4, -0.2) is 45.7 Å². The van der Waals surface area contributed by atoms with Crippen molar-refractivity contribution in [2.24, 2.45) is 7.05 Å². The maximum Gasteiger partial charge on any atom is 0.256 e. The highest BCUT2D eigenvalue weighted by atomic mass is 19.1. The molecule has 1 saturated heterocycles. The van der Waals surface area contributed by atoms with E-state index in [9.17, 15) is 9.18 Å². The van der Waals surface area contributed by atoms with Gasteiger partial charge >= 0.3 is 0 Å². The lowest BCUT2D eigenvalue weighted by Gasteiger charge is -2.19. The molecule has 2 N–H and O–H groups in total. The first-order chi connectivity index (χ1) is 15.0. The van der Waals surface area contributed by atoms with Crippen LogP contribution in [0.5, 0.6) is 0 Å². The Labute approximate surface area is 181 Å². The Morgan fingerprint density at radius 3 is 2.39 bits per heavy atom. The molecule has 1 aliphatic heterocycles. The van der Waals surface area contributed by atoms with Gasteiger partial charge in [0.15, 0.2) is 5.82 Å². The number of imidazole rings is 1. The summed E-state index contributed by atoms with van der Waals surface area (Å²) in [6.07, 6.45) is 3.35. The van der Waals surface area contributed by atoms with Gasteiger partial charge in [-0.15, -0.1) is 0 Å². The molecule has 1 aliphatic rings. The normalized spacial score (nSPS) is 12.7. The molecular weight excluding hydrogens is 402 g/mol. The molecule has 0 spiro atoms. The summed E-state index contributed by atoms with van der Waals surface area (Å²) in [6, 6.07) is 6.25. The van der Waals surface area contributed by atoms with Gasteiger partial charge in [0, 0.05) is 27.2 Å². The van der Waals surface area contributed by atoms with Crippen molar-refractivity contribution < 1.29 is 18.7 Å². The summed E-state index contributed by atoms with van der Waals surface area (Å²) in [4.78, 5) is 18.8. The summed E-state index contributed by atoms with van der Waals surface area (Å²) in [5.74, 6) is -1.42. The molecule has 0 atom stereocenters. The van der Waals surface area contributed by atoms with Crippen LogP contribution in [0.15, 0.2) is 30.6 Å². The summed E-state index contributed by atoms with van der Waals surface area (Å²) in [5.41, 5.74) is 1.68. The first-order valence-corrected chi connectivity index (χ1v) is 10.4. The molecule has 1 aromatic heterocycles. The van der Waals surface area contributed by atoms with Crippen molar-refractivity contribution >= 4 is 28.3 Å². The van der Waals surface area contributed by atoms with Gasteiger partial charge in [-0.05, 0) is 43.5 Å². The van der Waals surface area contributed by atoms with Gasteiger partial charge in [-0.1, -0.05) is 19.9 Å². The highest BCUT2D eigenvalue weighted by Crippen LogP contribution is 2.33. The van der Waals surface area contributed by atoms with Crippen LogP contribution in [0.2, 0.25) is 0 Å². The Morgan fingerprint density at radius 1 is 1.13 bits per heavy atom. The number of nitrogens with one attached hydrogen (secondary N) is 1. The van der Waals surface area contributed by atoms with E-state index >= 15 is 4.39 Å². The number of hydrogen-bond acceptors (Lipinski definition) is 4. The van der Waals surface area contributed by atoms with Crippen LogP contribution in [0.1, 0.15) is 42.6 Å². The number of aliphatic hydroxyl groups is 1. The number of aromatic nitrogens is 2. The van der Waals surface area contributed by atoms with Crippen molar-refractivity contribution in [3.05, 3.63) is 53.4 Å². The number of aryl methyl sites for hydroxylation is 2. The Kier molecular flexibility index (Phi) is 8.50. The number of benzene rings is 2. The largest absolute Gasteiger partial charge is 0.400 e. The smallest absolute Gasteiger partial charge is 0.256 e. The maximum atomic E-state index is 15.3. The fourth-order valence-electron chi connectivity index (χ4n) is 3.46. The molecule has 1 amide bonds. The second-order valence-corrected chi connectivity index (χ2v) is 6.94. The van der Waals surface area contributed by atoms with Gasteiger partial charge in [0.2, 0.25) is 0 Å². The van der Waals surface area contributed by atoms with Gasteiger partial charge in [0.25, 0.3) is 5.91 Å². The summed E-state index contributed by atoms with van der Waals surface area (Å²) in [5, 5.41) is 9.80. The zero-order chi connectivity index (χ0) is 23.1. The number of amides is 1. The molecule has 4 rings (SSSR count). The van der Waals surface area contributed by atoms with Gasteiger partial charge in [-0.2, -0.15) is 0 Å². The molecule has 0 bridgehead atoms. The van der Waals surface area contributed by atoms with Gasteiger partial charge in [0.1, 0.15) is 11.3 Å². The van der Waals surface area contributed by atoms with E-state index in [4.69, 9.17) is 5.11 Å². The van der Waals surface area contributed by atoms with Gasteiger partial charge in [-0.25, -0.2) is 13.8 Å². The van der Waals surface area contributed by atoms with Crippen molar-refractivity contribution in [3.63, 3.8) is 0 Å². The predicted octanol–water partition coefficient (Wildman–Crippen LogP) is 4.77. The fourth-order valence-corrected chi connectivity index (χ4v) is 3.46. The van der Waals surface area contributed by atoms with E-state index in [0.717, 1.165) is 25.5 Å². The van der Waals surface area contributed by atoms with Crippen molar-refractivity contribution in [1.82, 2.24) is 14.5 Å². The van der Waals surface area contributed by atoms with Crippen molar-refractivity contribution in [1.29, 1.82) is 0 Å². The van der Waals surface area contributed by atoms with Crippen LogP contribution in [-0.2, 0) is 7.05 Å². The van der Waals surface area contributed by atoms with Gasteiger partial charge in [-0.3, -0.25) is 4.79 Å². The van der Waals surface area contributed by atoms with Crippen LogP contribution >= 0.6 is 0 Å². The molecule has 3 aromatic rings. The van der Waals surface area contributed by atoms with Crippen LogP contribution in [0.25, 0.3) is 11.0 Å². The first kappa shape index (κ1) is 24.3. The predicted molar refractivity (Wildman–Crippen MR) is 120 cm³/mol. The fraction of sp³-hybridized carbons (Fsp3) is 0.391. The van der Waals surface area contributed by atoms with E-state index in [1.807, 2.05) is 13.8 Å². The Hall–Kier alpha value is -3.00. The molecule has 8 heteroatoms. The average molecular weight is 433 g/mol. The summed E-state index contributed by atoms with van der Waals surface area (Å²) in [7, 11) is 2.74. The second kappa shape index (κ2) is 10.9. The summed E-state index contributed by atoms with van der Waals surface area (Å²) >= 11 is 0. The molecule has 0 saturated carbocycles. The van der Waals surface area contributed by atoms with Crippen molar-refractivity contribution in [2.75, 3.05) is 25.5 Å². The summed E-state index contributed by atoms with van der Waals surface area (Å²) < 4.78 is 31.2. The lowest BCUT2D eigenvalue weighted by molar-refractivity contribution is 0.0793. The van der Waals surface area contributed by atoms with Crippen LogP contribution in [0.3, 0.4) is 0 Å². The molecule has 1 fully saturated rings. The molecule has 2 heterocycles. The standard InChI is InChI=1S/C20H20F2N4O.C2H6.CH4O/c1-12-5-6-15(14(21)9-12)24-18-13(20(27)26-7-3-4-8-26)10-16-19(17(18)22)23-11-25(16)2;2*1-2/h5-6,9-11,24H,3-4,7-8H2,1-2H3;1-2H3;2H,1H3. The number of carbonyl (C=O) groups excluding carboxylic acids is 1. The minimum atomic E-state index is -0.657. The van der Waals surface area contributed by atoms with E-state index in [2.05, 4.69) is 10.3 Å². The average Bonchev–Trinajstić information content (AvgIpc) is 3.44. The lowest BCUT2D eigenvalue weighted by atomic mass is 10.1. The molecule has 0 aliphatic carbocycles. The number of fused-ring (bicyclic) bond motifs is 1.